The van der Waals surface area contributed by atoms with Gasteiger partial charge in [0.05, 0.1) is 11.9 Å². The van der Waals surface area contributed by atoms with Gasteiger partial charge in [0, 0.05) is 43.8 Å². The molecule has 108 valence electrons. The lowest BCUT2D eigenvalue weighted by Crippen LogP contribution is -2.55. The number of aromatic nitrogens is 3. The molecular weight excluding hydrogens is 298 g/mol. The van der Waals surface area contributed by atoms with Gasteiger partial charge in [-0.25, -0.2) is 18.5 Å². The average molecular weight is 313 g/mol. The number of hydrogen-bond donors (Lipinski definition) is 1. The van der Waals surface area contributed by atoms with Crippen LogP contribution in [0.3, 0.4) is 0 Å². The van der Waals surface area contributed by atoms with E-state index in [1.54, 1.807) is 22.2 Å². The average Bonchev–Trinajstić information content (AvgIpc) is 2.89. The molecule has 0 bridgehead atoms. The topological polar surface area (TPSA) is 94.1 Å². The Bertz CT molecular complexity index is 715. The summed E-state index contributed by atoms with van der Waals surface area (Å²) in [6, 6.07) is 0. The lowest BCUT2D eigenvalue weighted by Gasteiger charge is -2.36. The van der Waals surface area contributed by atoms with Crippen LogP contribution in [0.4, 0.5) is 0 Å². The lowest BCUT2D eigenvalue weighted by molar-refractivity contribution is 0.174. The lowest BCUT2D eigenvalue weighted by atomic mass is 10.2. The summed E-state index contributed by atoms with van der Waals surface area (Å²) in [6.45, 7) is 1.62. The fraction of sp³-hybridized carbons (Fsp3) is 0.455. The second-order valence-corrected chi connectivity index (χ2v) is 7.65. The van der Waals surface area contributed by atoms with Crippen molar-refractivity contribution in [1.29, 1.82) is 0 Å². The van der Waals surface area contributed by atoms with Crippen LogP contribution in [0.15, 0.2) is 17.8 Å². The molecule has 0 aliphatic carbocycles. The fourth-order valence-corrected chi connectivity index (χ4v) is 3.76. The van der Waals surface area contributed by atoms with Crippen LogP contribution in [0.1, 0.15) is 5.69 Å². The number of thiazole rings is 1. The number of nitrogens with two attached hydrogens (primary N) is 1. The highest BCUT2D eigenvalue weighted by Gasteiger charge is 2.35. The summed E-state index contributed by atoms with van der Waals surface area (Å²) >= 11 is 1.56. The molecule has 2 N–H and O–H groups in total. The van der Waals surface area contributed by atoms with Crippen molar-refractivity contribution < 1.29 is 8.42 Å². The Balaban J connectivity index is 1.62. The zero-order valence-corrected chi connectivity index (χ0v) is 12.6. The Morgan fingerprint density at radius 2 is 2.25 bits per heavy atom. The Labute approximate surface area is 121 Å². The SMILES string of the molecule is Cn1cc(-c2nc(CN3CC(S(N)(=O)=O)C3)cs2)cn1. The first-order valence-electron chi connectivity index (χ1n) is 6.09. The molecule has 3 rings (SSSR count). The monoisotopic (exact) mass is 313 g/mol. The van der Waals surface area contributed by atoms with E-state index in [9.17, 15) is 8.42 Å². The molecular formula is C11H15N5O2S2. The quantitative estimate of drug-likeness (QED) is 0.858. The normalized spacial score (nSPS) is 17.3. The predicted molar refractivity (Wildman–Crippen MR) is 76.5 cm³/mol. The van der Waals surface area contributed by atoms with Crippen molar-refractivity contribution in [3.05, 3.63) is 23.5 Å². The van der Waals surface area contributed by atoms with Crippen LogP contribution >= 0.6 is 11.3 Å². The van der Waals surface area contributed by atoms with Crippen molar-refractivity contribution >= 4 is 21.4 Å². The van der Waals surface area contributed by atoms with E-state index in [0.717, 1.165) is 16.3 Å². The number of primary sulfonamides is 1. The molecule has 1 fully saturated rings. The van der Waals surface area contributed by atoms with Gasteiger partial charge in [0.1, 0.15) is 10.3 Å². The molecule has 0 unspecified atom stereocenters. The van der Waals surface area contributed by atoms with Crippen molar-refractivity contribution in [2.24, 2.45) is 12.2 Å². The van der Waals surface area contributed by atoms with E-state index in [0.29, 0.717) is 19.6 Å². The first kappa shape index (κ1) is 13.7. The molecule has 0 atom stereocenters. The van der Waals surface area contributed by atoms with Crippen molar-refractivity contribution in [2.45, 2.75) is 11.8 Å². The number of sulfonamides is 1. The molecule has 1 aliphatic rings. The number of rotatable bonds is 4. The summed E-state index contributed by atoms with van der Waals surface area (Å²) < 4.78 is 24.0. The zero-order chi connectivity index (χ0) is 14.3. The predicted octanol–water partition coefficient (Wildman–Crippen LogP) is 0.0163. The van der Waals surface area contributed by atoms with Gasteiger partial charge in [-0.2, -0.15) is 5.10 Å². The van der Waals surface area contributed by atoms with Crippen LogP contribution in [0.25, 0.3) is 10.6 Å². The molecule has 1 aliphatic heterocycles. The van der Waals surface area contributed by atoms with E-state index in [2.05, 4.69) is 10.1 Å². The number of likely N-dealkylation sites (tertiary alicyclic amines) is 1. The highest BCUT2D eigenvalue weighted by molar-refractivity contribution is 7.89. The fourth-order valence-electron chi connectivity index (χ4n) is 2.13. The van der Waals surface area contributed by atoms with E-state index in [1.165, 1.54) is 0 Å². The number of nitrogens with zero attached hydrogens (tertiary/aromatic N) is 4. The molecule has 0 aromatic carbocycles. The summed E-state index contributed by atoms with van der Waals surface area (Å²) in [4.78, 5) is 6.57. The molecule has 2 aromatic rings. The van der Waals surface area contributed by atoms with Crippen LogP contribution in [-0.2, 0) is 23.6 Å². The van der Waals surface area contributed by atoms with Crippen molar-refractivity contribution in [3.8, 4) is 10.6 Å². The number of aryl methyl sites for hydroxylation is 1. The summed E-state index contributed by atoms with van der Waals surface area (Å²) in [7, 11) is -1.53. The van der Waals surface area contributed by atoms with E-state index in [-0.39, 0.29) is 0 Å². The van der Waals surface area contributed by atoms with Crippen LogP contribution in [0, 0.1) is 0 Å². The van der Waals surface area contributed by atoms with Gasteiger partial charge in [-0.1, -0.05) is 0 Å². The third-order valence-corrected chi connectivity index (χ3v) is 5.45. The minimum absolute atomic E-state index is 0.432. The number of hydrogen-bond acceptors (Lipinski definition) is 6. The van der Waals surface area contributed by atoms with Gasteiger partial charge in [-0.15, -0.1) is 11.3 Å². The second kappa shape index (κ2) is 4.92. The maximum Gasteiger partial charge on any atom is 0.214 e. The largest absolute Gasteiger partial charge is 0.295 e. The zero-order valence-electron chi connectivity index (χ0n) is 10.9. The smallest absolute Gasteiger partial charge is 0.214 e. The van der Waals surface area contributed by atoms with Gasteiger partial charge < -0.3 is 0 Å². The molecule has 9 heteroatoms. The molecule has 20 heavy (non-hydrogen) atoms. The minimum Gasteiger partial charge on any atom is -0.295 e. The second-order valence-electron chi connectivity index (χ2n) is 4.95. The Kier molecular flexibility index (Phi) is 3.36. The molecule has 2 aromatic heterocycles. The van der Waals surface area contributed by atoms with E-state index >= 15 is 0 Å². The van der Waals surface area contributed by atoms with Gasteiger partial charge in [-0.05, 0) is 0 Å². The van der Waals surface area contributed by atoms with Gasteiger partial charge in [-0.3, -0.25) is 9.58 Å². The first-order chi connectivity index (χ1) is 9.41. The van der Waals surface area contributed by atoms with E-state index in [1.807, 2.05) is 23.5 Å². The highest BCUT2D eigenvalue weighted by Crippen LogP contribution is 2.25. The third-order valence-electron chi connectivity index (χ3n) is 3.28. The van der Waals surface area contributed by atoms with Gasteiger partial charge in [0.15, 0.2) is 0 Å². The highest BCUT2D eigenvalue weighted by atomic mass is 32.2. The van der Waals surface area contributed by atoms with Crippen molar-refractivity contribution in [2.75, 3.05) is 13.1 Å². The van der Waals surface area contributed by atoms with Crippen LogP contribution in [-0.4, -0.2) is 46.4 Å². The Morgan fingerprint density at radius 1 is 1.50 bits per heavy atom. The molecule has 1 saturated heterocycles. The Morgan fingerprint density at radius 3 is 2.85 bits per heavy atom. The van der Waals surface area contributed by atoms with Crippen molar-refractivity contribution in [3.63, 3.8) is 0 Å². The minimum atomic E-state index is -3.40. The van der Waals surface area contributed by atoms with Crippen molar-refractivity contribution in [1.82, 2.24) is 19.7 Å². The summed E-state index contributed by atoms with van der Waals surface area (Å²) in [5.74, 6) is 0. The summed E-state index contributed by atoms with van der Waals surface area (Å²) in [5, 5.41) is 11.7. The molecule has 0 radical (unpaired) electrons. The van der Waals surface area contributed by atoms with Gasteiger partial charge >= 0.3 is 0 Å². The van der Waals surface area contributed by atoms with Crippen LogP contribution < -0.4 is 5.14 Å². The Hall–Kier alpha value is -1.29. The van der Waals surface area contributed by atoms with Gasteiger partial charge in [0.2, 0.25) is 10.0 Å². The summed E-state index contributed by atoms with van der Waals surface area (Å²) in [5.41, 5.74) is 1.94. The summed E-state index contributed by atoms with van der Waals surface area (Å²) in [6.07, 6.45) is 3.70. The van der Waals surface area contributed by atoms with E-state index in [4.69, 9.17) is 5.14 Å². The molecule has 0 saturated carbocycles. The maximum atomic E-state index is 11.1. The first-order valence-corrected chi connectivity index (χ1v) is 8.58. The third kappa shape index (κ3) is 2.75. The standard InChI is InChI=1S/C11H15N5O2S2/c1-15-3-8(2-13-15)11-14-9(7-19-11)4-16-5-10(6-16)20(12,17)18/h2-3,7,10H,4-6H2,1H3,(H2,12,17,18). The molecule has 0 amide bonds. The van der Waals surface area contributed by atoms with Gasteiger partial charge in [0.25, 0.3) is 0 Å². The molecule has 7 nitrogen and oxygen atoms in total. The van der Waals surface area contributed by atoms with Crippen LogP contribution in [0.5, 0.6) is 0 Å². The van der Waals surface area contributed by atoms with E-state index < -0.39 is 15.3 Å². The maximum absolute atomic E-state index is 11.1. The van der Waals surface area contributed by atoms with Crippen LogP contribution in [0.2, 0.25) is 0 Å². The molecule has 0 spiro atoms. The molecule has 3 heterocycles.